The maximum absolute atomic E-state index is 12.2. The lowest BCUT2D eigenvalue weighted by Gasteiger charge is -2.13. The highest BCUT2D eigenvalue weighted by Gasteiger charge is 2.15. The zero-order valence-electron chi connectivity index (χ0n) is 13.5. The van der Waals surface area contributed by atoms with E-state index < -0.39 is 10.0 Å². The molecule has 0 bridgehead atoms. The normalized spacial score (nSPS) is 14.5. The summed E-state index contributed by atoms with van der Waals surface area (Å²) in [6.07, 6.45) is 12.8. The fourth-order valence-electron chi connectivity index (χ4n) is 2.59. The van der Waals surface area contributed by atoms with E-state index in [1.165, 1.54) is 30.5 Å². The summed E-state index contributed by atoms with van der Waals surface area (Å²) >= 11 is 0. The van der Waals surface area contributed by atoms with Crippen molar-refractivity contribution in [2.75, 3.05) is 13.1 Å². The quantitative estimate of drug-likeness (QED) is 0.587. The van der Waals surface area contributed by atoms with E-state index in [2.05, 4.69) is 22.0 Å². The van der Waals surface area contributed by atoms with Crippen molar-refractivity contribution in [2.24, 2.45) is 0 Å². The van der Waals surface area contributed by atoms with Gasteiger partial charge >= 0.3 is 0 Å². The molecule has 2 N–H and O–H groups in total. The Morgan fingerprint density at radius 2 is 2.12 bits per heavy atom. The highest BCUT2D eigenvalue weighted by Crippen LogP contribution is 2.19. The van der Waals surface area contributed by atoms with E-state index in [-0.39, 0.29) is 17.3 Å². The number of hydrogen-bond donors (Lipinski definition) is 2. The molecule has 0 saturated heterocycles. The van der Waals surface area contributed by atoms with E-state index in [0.29, 0.717) is 12.1 Å². The lowest BCUT2D eigenvalue weighted by molar-refractivity contribution is 0.0954. The number of carbonyl (C=O) groups excluding carboxylic acids is 1. The average molecular weight is 346 g/mol. The first-order valence-corrected chi connectivity index (χ1v) is 9.50. The molecule has 0 unspecified atom stereocenters. The Labute approximate surface area is 143 Å². The molecule has 0 saturated carbocycles. The number of rotatable bonds is 7. The average Bonchev–Trinajstić information content (AvgIpc) is 2.61. The number of hydrogen-bond acceptors (Lipinski definition) is 3. The second-order valence-electron chi connectivity index (χ2n) is 5.67. The molecule has 0 atom stereocenters. The fourth-order valence-corrected chi connectivity index (χ4v) is 3.57. The third kappa shape index (κ3) is 5.22. The SMILES string of the molecule is C#CCNS(=O)(=O)c1cccc(C(=O)NCCC2=CCCCC2)c1. The first-order valence-electron chi connectivity index (χ1n) is 8.02. The van der Waals surface area contributed by atoms with Crippen molar-refractivity contribution in [3.05, 3.63) is 41.5 Å². The van der Waals surface area contributed by atoms with Crippen LogP contribution < -0.4 is 10.0 Å². The van der Waals surface area contributed by atoms with E-state index >= 15 is 0 Å². The minimum atomic E-state index is -3.70. The summed E-state index contributed by atoms with van der Waals surface area (Å²) in [5.74, 6) is 1.94. The molecule has 0 fully saturated rings. The summed E-state index contributed by atoms with van der Waals surface area (Å²) in [5.41, 5.74) is 1.70. The Morgan fingerprint density at radius 1 is 1.29 bits per heavy atom. The Hall–Kier alpha value is -2.10. The molecule has 0 heterocycles. The van der Waals surface area contributed by atoms with Gasteiger partial charge in [-0.1, -0.05) is 23.6 Å². The molecule has 2 rings (SSSR count). The standard InChI is InChI=1S/C18H22N2O3S/c1-2-12-20-24(22,23)17-10-6-9-16(14-17)18(21)19-13-11-15-7-4-3-5-8-15/h1,6-7,9-10,14,20H,3-5,8,11-13H2,(H,19,21). The van der Waals surface area contributed by atoms with Gasteiger partial charge < -0.3 is 5.32 Å². The van der Waals surface area contributed by atoms with Crippen LogP contribution in [0.25, 0.3) is 0 Å². The van der Waals surface area contributed by atoms with Gasteiger partial charge in [0.2, 0.25) is 10.0 Å². The van der Waals surface area contributed by atoms with Crippen LogP contribution >= 0.6 is 0 Å². The molecule has 24 heavy (non-hydrogen) atoms. The molecule has 1 amide bonds. The van der Waals surface area contributed by atoms with Gasteiger partial charge in [0, 0.05) is 12.1 Å². The number of benzene rings is 1. The maximum atomic E-state index is 12.2. The molecule has 1 aliphatic carbocycles. The summed E-state index contributed by atoms with van der Waals surface area (Å²) in [5, 5.41) is 2.84. The van der Waals surface area contributed by atoms with Gasteiger partial charge in [0.25, 0.3) is 5.91 Å². The van der Waals surface area contributed by atoms with E-state index in [1.807, 2.05) is 0 Å². The Morgan fingerprint density at radius 3 is 2.83 bits per heavy atom. The zero-order chi connectivity index (χ0) is 17.4. The summed E-state index contributed by atoms with van der Waals surface area (Å²) in [6.45, 7) is 0.463. The van der Waals surface area contributed by atoms with Gasteiger partial charge in [-0.15, -0.1) is 6.42 Å². The van der Waals surface area contributed by atoms with E-state index in [9.17, 15) is 13.2 Å². The van der Waals surface area contributed by atoms with Crippen LogP contribution in [0.1, 0.15) is 42.5 Å². The lowest BCUT2D eigenvalue weighted by Crippen LogP contribution is -2.26. The number of allylic oxidation sites excluding steroid dienone is 1. The van der Waals surface area contributed by atoms with E-state index in [1.54, 1.807) is 12.1 Å². The van der Waals surface area contributed by atoms with Crippen LogP contribution in [0.15, 0.2) is 40.8 Å². The lowest BCUT2D eigenvalue weighted by atomic mass is 9.97. The van der Waals surface area contributed by atoms with E-state index in [0.717, 1.165) is 19.3 Å². The molecule has 0 spiro atoms. The predicted molar refractivity (Wildman–Crippen MR) is 94.0 cm³/mol. The van der Waals surface area contributed by atoms with Crippen LogP contribution in [0.4, 0.5) is 0 Å². The third-order valence-corrected chi connectivity index (χ3v) is 5.29. The van der Waals surface area contributed by atoms with E-state index in [4.69, 9.17) is 6.42 Å². The Bertz CT molecular complexity index is 761. The van der Waals surface area contributed by atoms with Crippen LogP contribution in [0.3, 0.4) is 0 Å². The van der Waals surface area contributed by atoms with Crippen molar-refractivity contribution < 1.29 is 13.2 Å². The van der Waals surface area contributed by atoms with Crippen LogP contribution in [0.5, 0.6) is 0 Å². The second-order valence-corrected chi connectivity index (χ2v) is 7.44. The van der Waals surface area contributed by atoms with Crippen LogP contribution in [-0.4, -0.2) is 27.4 Å². The van der Waals surface area contributed by atoms with Crippen molar-refractivity contribution in [1.29, 1.82) is 0 Å². The largest absolute Gasteiger partial charge is 0.352 e. The fraction of sp³-hybridized carbons (Fsp3) is 0.389. The summed E-state index contributed by atoms with van der Waals surface area (Å²) in [6, 6.07) is 5.93. The number of nitrogens with one attached hydrogen (secondary N) is 2. The predicted octanol–water partition coefficient (Wildman–Crippen LogP) is 2.22. The van der Waals surface area contributed by atoms with Gasteiger partial charge in [-0.3, -0.25) is 4.79 Å². The molecule has 0 aliphatic heterocycles. The van der Waals surface area contributed by atoms with Crippen LogP contribution in [0.2, 0.25) is 0 Å². The summed E-state index contributed by atoms with van der Waals surface area (Å²) in [4.78, 5) is 12.2. The van der Waals surface area contributed by atoms with Crippen molar-refractivity contribution in [3.63, 3.8) is 0 Å². The van der Waals surface area contributed by atoms with Gasteiger partial charge in [-0.05, 0) is 50.3 Å². The van der Waals surface area contributed by atoms with Gasteiger partial charge in [0.1, 0.15) is 0 Å². The molecule has 128 valence electrons. The number of amides is 1. The second kappa shape index (κ2) is 8.67. The van der Waals surface area contributed by atoms with Crippen molar-refractivity contribution >= 4 is 15.9 Å². The topological polar surface area (TPSA) is 75.3 Å². The van der Waals surface area contributed by atoms with Crippen LogP contribution in [-0.2, 0) is 10.0 Å². The molecular formula is C18H22N2O3S. The third-order valence-electron chi connectivity index (χ3n) is 3.89. The minimum absolute atomic E-state index is 0.0281. The van der Waals surface area contributed by atoms with Crippen molar-refractivity contribution in [1.82, 2.24) is 10.0 Å². The summed E-state index contributed by atoms with van der Waals surface area (Å²) < 4.78 is 26.4. The van der Waals surface area contributed by atoms with Crippen molar-refractivity contribution in [2.45, 2.75) is 37.0 Å². The molecular weight excluding hydrogens is 324 g/mol. The zero-order valence-corrected chi connectivity index (χ0v) is 14.4. The maximum Gasteiger partial charge on any atom is 0.251 e. The van der Waals surface area contributed by atoms with Gasteiger partial charge in [-0.25, -0.2) is 8.42 Å². The smallest absolute Gasteiger partial charge is 0.251 e. The molecule has 1 aliphatic rings. The number of terminal acetylenes is 1. The molecule has 5 nitrogen and oxygen atoms in total. The number of carbonyl (C=O) groups is 1. The first-order chi connectivity index (χ1) is 11.5. The molecule has 6 heteroatoms. The van der Waals surface area contributed by atoms with Gasteiger partial charge in [0.15, 0.2) is 0 Å². The minimum Gasteiger partial charge on any atom is -0.352 e. The van der Waals surface area contributed by atoms with Crippen LogP contribution in [0, 0.1) is 12.3 Å². The van der Waals surface area contributed by atoms with Gasteiger partial charge in [0.05, 0.1) is 11.4 Å². The number of sulfonamides is 1. The highest BCUT2D eigenvalue weighted by molar-refractivity contribution is 7.89. The van der Waals surface area contributed by atoms with Crippen molar-refractivity contribution in [3.8, 4) is 12.3 Å². The highest BCUT2D eigenvalue weighted by atomic mass is 32.2. The van der Waals surface area contributed by atoms with Gasteiger partial charge in [-0.2, -0.15) is 4.72 Å². The molecule has 0 aromatic heterocycles. The molecule has 0 radical (unpaired) electrons. The Kier molecular flexibility index (Phi) is 6.59. The summed E-state index contributed by atoms with van der Waals surface area (Å²) in [7, 11) is -3.70. The molecule has 1 aromatic rings. The first kappa shape index (κ1) is 18.2. The Balaban J connectivity index is 1.96. The monoisotopic (exact) mass is 346 g/mol. The molecule has 1 aromatic carbocycles.